The third kappa shape index (κ3) is 0.950. The summed E-state index contributed by atoms with van der Waals surface area (Å²) in [6.45, 7) is 0. The molecule has 0 aliphatic heterocycles. The van der Waals surface area contributed by atoms with E-state index in [9.17, 15) is 5.11 Å². The van der Waals surface area contributed by atoms with E-state index < -0.39 is 0 Å². The van der Waals surface area contributed by atoms with Crippen LogP contribution < -0.4 is 0 Å². The summed E-state index contributed by atoms with van der Waals surface area (Å²) in [4.78, 5) is 0. The molecule has 1 aromatic heterocycles. The van der Waals surface area contributed by atoms with Crippen molar-refractivity contribution in [2.24, 2.45) is 11.8 Å². The monoisotopic (exact) mass is 180 g/mol. The lowest BCUT2D eigenvalue weighted by atomic mass is 9.84. The lowest BCUT2D eigenvalue weighted by Gasteiger charge is -2.24. The summed E-state index contributed by atoms with van der Waals surface area (Å²) in [5.74, 6) is 1.28. The smallest absolute Gasteiger partial charge is 0.111 e. The molecule has 2 bridgehead atoms. The Morgan fingerprint density at radius 3 is 2.85 bits per heavy atom. The summed E-state index contributed by atoms with van der Waals surface area (Å²) >= 11 is 0. The van der Waals surface area contributed by atoms with E-state index in [0.717, 1.165) is 12.1 Å². The van der Waals surface area contributed by atoms with E-state index in [4.69, 9.17) is 0 Å². The summed E-state index contributed by atoms with van der Waals surface area (Å²) in [7, 11) is 0. The van der Waals surface area contributed by atoms with Gasteiger partial charge in [-0.15, -0.1) is 0 Å². The second kappa shape index (κ2) is 2.54. The molecule has 4 heteroatoms. The van der Waals surface area contributed by atoms with Crippen molar-refractivity contribution in [1.82, 2.24) is 10.3 Å². The third-order valence-electron chi connectivity index (χ3n) is 3.59. The average Bonchev–Trinajstić information content (AvgIpc) is 2.76. The van der Waals surface area contributed by atoms with Gasteiger partial charge in [-0.05, 0) is 31.1 Å². The van der Waals surface area contributed by atoms with Crippen molar-refractivity contribution in [1.29, 1.82) is 0 Å². The molecule has 1 aromatic rings. The topological polar surface area (TPSA) is 59.2 Å². The van der Waals surface area contributed by atoms with Gasteiger partial charge in [-0.2, -0.15) is 0 Å². The average molecular weight is 180 g/mol. The van der Waals surface area contributed by atoms with E-state index >= 15 is 0 Å². The van der Waals surface area contributed by atoms with Gasteiger partial charge in [0.15, 0.2) is 0 Å². The van der Waals surface area contributed by atoms with Gasteiger partial charge in [-0.1, -0.05) is 10.3 Å². The number of aliphatic hydroxyl groups excluding tert-OH is 1. The van der Waals surface area contributed by atoms with Crippen molar-refractivity contribution >= 4 is 0 Å². The fourth-order valence-electron chi connectivity index (χ4n) is 3.00. The molecule has 13 heavy (non-hydrogen) atoms. The molecule has 2 fully saturated rings. The van der Waals surface area contributed by atoms with Crippen LogP contribution in [-0.2, 0) is 0 Å². The zero-order valence-corrected chi connectivity index (χ0v) is 7.26. The summed E-state index contributed by atoms with van der Waals surface area (Å²) < 4.78 is 4.57. The maximum atomic E-state index is 9.94. The summed E-state index contributed by atoms with van der Waals surface area (Å²) in [5.41, 5.74) is 0.833. The largest absolute Gasteiger partial charge is 0.392 e. The quantitative estimate of drug-likeness (QED) is 0.698. The molecular weight excluding hydrogens is 168 g/mol. The highest BCUT2D eigenvalue weighted by Crippen LogP contribution is 2.52. The first-order chi connectivity index (χ1) is 6.36. The van der Waals surface area contributed by atoms with Crippen molar-refractivity contribution in [2.75, 3.05) is 0 Å². The Morgan fingerprint density at radius 1 is 1.38 bits per heavy atom. The minimum atomic E-state index is -0.217. The molecule has 0 amide bonds. The Balaban J connectivity index is 1.93. The SMILES string of the molecule is OC1C2CCC(C2)C1c1cnon1. The molecule has 70 valence electrons. The van der Waals surface area contributed by atoms with Gasteiger partial charge in [0.05, 0.1) is 12.3 Å². The number of fused-ring (bicyclic) bond motifs is 2. The molecule has 4 nitrogen and oxygen atoms in total. The molecule has 4 unspecified atom stereocenters. The fraction of sp³-hybridized carbons (Fsp3) is 0.778. The van der Waals surface area contributed by atoms with Crippen LogP contribution in [0.3, 0.4) is 0 Å². The number of nitrogens with zero attached hydrogens (tertiary/aromatic N) is 2. The molecule has 3 rings (SSSR count). The normalized spacial score (nSPS) is 42.8. The van der Waals surface area contributed by atoms with E-state index in [2.05, 4.69) is 14.9 Å². The molecule has 4 atom stereocenters. The third-order valence-corrected chi connectivity index (χ3v) is 3.59. The second-order valence-electron chi connectivity index (χ2n) is 4.18. The molecule has 0 saturated heterocycles. The number of hydrogen-bond acceptors (Lipinski definition) is 4. The fourth-order valence-corrected chi connectivity index (χ4v) is 3.00. The van der Waals surface area contributed by atoms with E-state index in [1.807, 2.05) is 0 Å². The van der Waals surface area contributed by atoms with Gasteiger partial charge in [-0.3, -0.25) is 0 Å². The van der Waals surface area contributed by atoms with Gasteiger partial charge in [-0.25, -0.2) is 4.63 Å². The van der Waals surface area contributed by atoms with Crippen molar-refractivity contribution in [2.45, 2.75) is 31.3 Å². The van der Waals surface area contributed by atoms with Crippen LogP contribution in [0, 0.1) is 11.8 Å². The molecule has 0 aromatic carbocycles. The first-order valence-corrected chi connectivity index (χ1v) is 4.82. The van der Waals surface area contributed by atoms with Crippen molar-refractivity contribution in [3.63, 3.8) is 0 Å². The summed E-state index contributed by atoms with van der Waals surface area (Å²) in [6.07, 6.45) is 4.96. The number of hydrogen-bond donors (Lipinski definition) is 1. The van der Waals surface area contributed by atoms with Gasteiger partial charge in [0.1, 0.15) is 5.69 Å². The maximum absolute atomic E-state index is 9.94. The lowest BCUT2D eigenvalue weighted by Crippen LogP contribution is -2.25. The second-order valence-corrected chi connectivity index (χ2v) is 4.18. The number of rotatable bonds is 1. The molecule has 0 radical (unpaired) electrons. The zero-order valence-electron chi connectivity index (χ0n) is 7.26. The Kier molecular flexibility index (Phi) is 1.47. The van der Waals surface area contributed by atoms with Crippen LogP contribution in [0.15, 0.2) is 10.8 Å². The first kappa shape index (κ1) is 7.50. The van der Waals surface area contributed by atoms with Gasteiger partial charge in [0, 0.05) is 5.92 Å². The highest BCUT2D eigenvalue weighted by atomic mass is 16.6. The van der Waals surface area contributed by atoms with Gasteiger partial charge in [0.25, 0.3) is 0 Å². The molecule has 0 spiro atoms. The molecule has 1 heterocycles. The van der Waals surface area contributed by atoms with Crippen LogP contribution in [-0.4, -0.2) is 21.5 Å². The van der Waals surface area contributed by atoms with Crippen LogP contribution in [0.4, 0.5) is 0 Å². The predicted octanol–water partition coefficient (Wildman–Crippen LogP) is 0.944. The molecule has 2 saturated carbocycles. The van der Waals surface area contributed by atoms with Crippen LogP contribution in [0.25, 0.3) is 0 Å². The number of aliphatic hydroxyl groups is 1. The van der Waals surface area contributed by atoms with E-state index in [0.29, 0.717) is 11.8 Å². The highest BCUT2D eigenvalue weighted by molar-refractivity contribution is 5.13. The molecular formula is C9H12N2O2. The highest BCUT2D eigenvalue weighted by Gasteiger charge is 2.48. The van der Waals surface area contributed by atoms with E-state index in [1.165, 1.54) is 12.8 Å². The predicted molar refractivity (Wildman–Crippen MR) is 43.9 cm³/mol. The first-order valence-electron chi connectivity index (χ1n) is 4.82. The van der Waals surface area contributed by atoms with Crippen LogP contribution in [0.1, 0.15) is 30.9 Å². The molecule has 2 aliphatic carbocycles. The Morgan fingerprint density at radius 2 is 2.23 bits per heavy atom. The lowest BCUT2D eigenvalue weighted by molar-refractivity contribution is 0.0892. The zero-order chi connectivity index (χ0) is 8.84. The Bertz CT molecular complexity index is 297. The maximum Gasteiger partial charge on any atom is 0.111 e. The van der Waals surface area contributed by atoms with Crippen LogP contribution in [0.2, 0.25) is 0 Å². The van der Waals surface area contributed by atoms with Crippen molar-refractivity contribution in [3.05, 3.63) is 11.9 Å². The Hall–Kier alpha value is -0.900. The molecule has 1 N–H and O–H groups in total. The van der Waals surface area contributed by atoms with E-state index in [1.54, 1.807) is 6.20 Å². The van der Waals surface area contributed by atoms with Gasteiger partial charge < -0.3 is 5.11 Å². The summed E-state index contributed by atoms with van der Waals surface area (Å²) in [5, 5.41) is 17.4. The van der Waals surface area contributed by atoms with Crippen molar-refractivity contribution in [3.8, 4) is 0 Å². The number of aromatic nitrogens is 2. The minimum absolute atomic E-state index is 0.185. The van der Waals surface area contributed by atoms with Crippen molar-refractivity contribution < 1.29 is 9.74 Å². The van der Waals surface area contributed by atoms with E-state index in [-0.39, 0.29) is 12.0 Å². The minimum Gasteiger partial charge on any atom is -0.392 e. The van der Waals surface area contributed by atoms with Crippen LogP contribution >= 0.6 is 0 Å². The van der Waals surface area contributed by atoms with Gasteiger partial charge in [0.2, 0.25) is 0 Å². The summed E-state index contributed by atoms with van der Waals surface area (Å²) in [6, 6.07) is 0. The van der Waals surface area contributed by atoms with Crippen LogP contribution in [0.5, 0.6) is 0 Å². The molecule has 2 aliphatic rings. The standard InChI is InChI=1S/C9H12N2O2/c12-9-6-2-1-5(3-6)8(9)7-4-10-13-11-7/h4-6,8-9,12H,1-3H2. The Labute approximate surface area is 75.9 Å². The van der Waals surface area contributed by atoms with Gasteiger partial charge >= 0.3 is 0 Å².